The Morgan fingerprint density at radius 2 is 2.25 bits per heavy atom. The van der Waals surface area contributed by atoms with Crippen LogP contribution in [-0.4, -0.2) is 31.3 Å². The Labute approximate surface area is 117 Å². The van der Waals surface area contributed by atoms with E-state index in [0.717, 1.165) is 0 Å². The second-order valence-corrected chi connectivity index (χ2v) is 4.70. The lowest BCUT2D eigenvalue weighted by Gasteiger charge is -2.31. The Kier molecular flexibility index (Phi) is 4.56. The van der Waals surface area contributed by atoms with Gasteiger partial charge >= 0.3 is 0 Å². The predicted molar refractivity (Wildman–Crippen MR) is 73.2 cm³/mol. The van der Waals surface area contributed by atoms with Gasteiger partial charge in [0, 0.05) is 25.0 Å². The van der Waals surface area contributed by atoms with Crippen molar-refractivity contribution in [3.05, 3.63) is 24.3 Å². The molecule has 20 heavy (non-hydrogen) atoms. The molecule has 106 valence electrons. The topological polar surface area (TPSA) is 97.4 Å². The van der Waals surface area contributed by atoms with Gasteiger partial charge in [0.1, 0.15) is 17.4 Å². The molecule has 1 aliphatic heterocycles. The Bertz CT molecular complexity index is 519. The number of nitrogens with two attached hydrogens (primary N) is 1. The second kappa shape index (κ2) is 6.37. The number of rotatable bonds is 4. The van der Waals surface area contributed by atoms with Crippen molar-refractivity contribution in [3.63, 3.8) is 0 Å². The third-order valence-electron chi connectivity index (χ3n) is 3.23. The number of benzene rings is 1. The smallest absolute Gasteiger partial charge is 0.244 e. The van der Waals surface area contributed by atoms with E-state index in [1.165, 1.54) is 0 Å². The molecule has 1 aromatic rings. The van der Waals surface area contributed by atoms with Crippen LogP contribution in [0, 0.1) is 11.3 Å². The van der Waals surface area contributed by atoms with E-state index in [2.05, 4.69) is 5.32 Å². The molecule has 0 spiro atoms. The minimum Gasteiger partial charge on any atom is -0.479 e. The molecular formula is C14H17N3O3. The molecule has 0 atom stereocenters. The van der Waals surface area contributed by atoms with Crippen LogP contribution in [0.25, 0.3) is 0 Å². The van der Waals surface area contributed by atoms with Gasteiger partial charge in [-0.05, 0) is 25.0 Å². The van der Waals surface area contributed by atoms with Gasteiger partial charge in [-0.15, -0.1) is 0 Å². The Hall–Kier alpha value is -2.10. The van der Waals surface area contributed by atoms with Crippen LogP contribution >= 0.6 is 0 Å². The highest BCUT2D eigenvalue weighted by atomic mass is 16.5. The minimum atomic E-state index is -0.887. The molecule has 1 aromatic carbocycles. The fraction of sp³-hybridized carbons (Fsp3) is 0.429. The number of nitriles is 1. The van der Waals surface area contributed by atoms with E-state index < -0.39 is 5.54 Å². The van der Waals surface area contributed by atoms with Crippen LogP contribution in [-0.2, 0) is 9.53 Å². The summed E-state index contributed by atoms with van der Waals surface area (Å²) < 4.78 is 10.4. The SMILES string of the molecule is N#CCOc1cccc(NC(=O)C2(N)CCOCC2)c1. The fourth-order valence-corrected chi connectivity index (χ4v) is 2.00. The number of hydrogen-bond donors (Lipinski definition) is 2. The molecule has 0 bridgehead atoms. The quantitative estimate of drug-likeness (QED) is 0.855. The van der Waals surface area contributed by atoms with E-state index in [-0.39, 0.29) is 12.5 Å². The number of nitrogens with one attached hydrogen (secondary N) is 1. The van der Waals surface area contributed by atoms with Crippen molar-refractivity contribution in [1.29, 1.82) is 5.26 Å². The van der Waals surface area contributed by atoms with E-state index >= 15 is 0 Å². The number of amides is 1. The molecule has 0 unspecified atom stereocenters. The van der Waals surface area contributed by atoms with Gasteiger partial charge in [-0.1, -0.05) is 6.07 Å². The summed E-state index contributed by atoms with van der Waals surface area (Å²) in [5.74, 6) is 0.306. The highest BCUT2D eigenvalue weighted by Crippen LogP contribution is 2.22. The number of nitrogens with zero attached hydrogens (tertiary/aromatic N) is 1. The normalized spacial score (nSPS) is 17.0. The van der Waals surface area contributed by atoms with E-state index in [1.807, 2.05) is 6.07 Å². The number of ether oxygens (including phenoxy) is 2. The van der Waals surface area contributed by atoms with Gasteiger partial charge in [-0.2, -0.15) is 5.26 Å². The third kappa shape index (κ3) is 3.47. The molecule has 6 heteroatoms. The number of carbonyl (C=O) groups is 1. The van der Waals surface area contributed by atoms with Crippen LogP contribution in [0.5, 0.6) is 5.75 Å². The number of carbonyl (C=O) groups excluding carboxylic acids is 1. The molecular weight excluding hydrogens is 258 g/mol. The third-order valence-corrected chi connectivity index (χ3v) is 3.23. The van der Waals surface area contributed by atoms with Gasteiger partial charge in [0.25, 0.3) is 0 Å². The molecule has 1 amide bonds. The lowest BCUT2D eigenvalue weighted by Crippen LogP contribution is -2.54. The van der Waals surface area contributed by atoms with E-state index in [1.54, 1.807) is 24.3 Å². The Morgan fingerprint density at radius 3 is 2.95 bits per heavy atom. The van der Waals surface area contributed by atoms with Crippen LogP contribution in [0.1, 0.15) is 12.8 Å². The van der Waals surface area contributed by atoms with Crippen molar-refractivity contribution >= 4 is 11.6 Å². The maximum absolute atomic E-state index is 12.2. The zero-order valence-electron chi connectivity index (χ0n) is 11.1. The Morgan fingerprint density at radius 1 is 1.50 bits per heavy atom. The summed E-state index contributed by atoms with van der Waals surface area (Å²) in [6, 6.07) is 8.77. The average molecular weight is 275 g/mol. The average Bonchev–Trinajstić information content (AvgIpc) is 2.46. The predicted octanol–water partition coefficient (Wildman–Crippen LogP) is 1.04. The maximum Gasteiger partial charge on any atom is 0.244 e. The molecule has 0 radical (unpaired) electrons. The first kappa shape index (κ1) is 14.3. The standard InChI is InChI=1S/C14H17N3O3/c15-6-9-20-12-3-1-2-11(10-12)17-13(18)14(16)4-7-19-8-5-14/h1-3,10H,4-5,7-9,16H2,(H,17,18). The van der Waals surface area contributed by atoms with Crippen LogP contribution in [0.2, 0.25) is 0 Å². The Balaban J connectivity index is 2.02. The first-order chi connectivity index (χ1) is 9.64. The van der Waals surface area contributed by atoms with Gasteiger partial charge in [0.2, 0.25) is 5.91 Å². The molecule has 1 heterocycles. The number of hydrogen-bond acceptors (Lipinski definition) is 5. The molecule has 6 nitrogen and oxygen atoms in total. The van der Waals surface area contributed by atoms with Gasteiger partial charge in [0.15, 0.2) is 6.61 Å². The second-order valence-electron chi connectivity index (χ2n) is 4.70. The number of anilines is 1. The molecule has 3 N–H and O–H groups in total. The summed E-state index contributed by atoms with van der Waals surface area (Å²) in [7, 11) is 0. The van der Waals surface area contributed by atoms with Crippen molar-refractivity contribution in [3.8, 4) is 11.8 Å². The highest BCUT2D eigenvalue weighted by Gasteiger charge is 2.35. The molecule has 0 saturated carbocycles. The summed E-state index contributed by atoms with van der Waals surface area (Å²) in [6.45, 7) is 0.958. The molecule has 1 fully saturated rings. The summed E-state index contributed by atoms with van der Waals surface area (Å²) >= 11 is 0. The first-order valence-electron chi connectivity index (χ1n) is 6.42. The van der Waals surface area contributed by atoms with Crippen LogP contribution in [0.15, 0.2) is 24.3 Å². The van der Waals surface area contributed by atoms with Crippen LogP contribution in [0.4, 0.5) is 5.69 Å². The lowest BCUT2D eigenvalue weighted by atomic mass is 9.90. The largest absolute Gasteiger partial charge is 0.479 e. The molecule has 0 aliphatic carbocycles. The molecule has 0 aromatic heterocycles. The van der Waals surface area contributed by atoms with Crippen molar-refractivity contribution < 1.29 is 14.3 Å². The molecule has 1 saturated heterocycles. The summed E-state index contributed by atoms with van der Waals surface area (Å²) in [5.41, 5.74) is 5.81. The zero-order chi connectivity index (χ0) is 14.4. The van der Waals surface area contributed by atoms with E-state index in [0.29, 0.717) is 37.5 Å². The lowest BCUT2D eigenvalue weighted by molar-refractivity contribution is -0.124. The van der Waals surface area contributed by atoms with E-state index in [9.17, 15) is 4.79 Å². The monoisotopic (exact) mass is 275 g/mol. The maximum atomic E-state index is 12.2. The van der Waals surface area contributed by atoms with E-state index in [4.69, 9.17) is 20.5 Å². The van der Waals surface area contributed by atoms with Gasteiger partial charge < -0.3 is 20.5 Å². The zero-order valence-corrected chi connectivity index (χ0v) is 11.1. The van der Waals surface area contributed by atoms with Crippen molar-refractivity contribution in [1.82, 2.24) is 0 Å². The van der Waals surface area contributed by atoms with Crippen molar-refractivity contribution in [2.75, 3.05) is 25.1 Å². The molecule has 2 rings (SSSR count). The first-order valence-corrected chi connectivity index (χ1v) is 6.42. The summed E-state index contributed by atoms with van der Waals surface area (Å²) in [6.07, 6.45) is 1.01. The fourth-order valence-electron chi connectivity index (χ4n) is 2.00. The van der Waals surface area contributed by atoms with Crippen molar-refractivity contribution in [2.24, 2.45) is 5.73 Å². The summed E-state index contributed by atoms with van der Waals surface area (Å²) in [4.78, 5) is 12.2. The van der Waals surface area contributed by atoms with Gasteiger partial charge in [-0.25, -0.2) is 0 Å². The molecule has 1 aliphatic rings. The van der Waals surface area contributed by atoms with Gasteiger partial charge in [0.05, 0.1) is 0 Å². The highest BCUT2D eigenvalue weighted by molar-refractivity contribution is 5.98. The van der Waals surface area contributed by atoms with Crippen LogP contribution < -0.4 is 15.8 Å². The van der Waals surface area contributed by atoms with Crippen molar-refractivity contribution in [2.45, 2.75) is 18.4 Å². The summed E-state index contributed by atoms with van der Waals surface area (Å²) in [5, 5.41) is 11.3. The minimum absolute atomic E-state index is 0.0322. The van der Waals surface area contributed by atoms with Gasteiger partial charge in [-0.3, -0.25) is 4.79 Å². The van der Waals surface area contributed by atoms with Crippen LogP contribution in [0.3, 0.4) is 0 Å².